The molecule has 0 bridgehead atoms. The van der Waals surface area contributed by atoms with Gasteiger partial charge in [0.05, 0.1) is 20.4 Å². The summed E-state index contributed by atoms with van der Waals surface area (Å²) in [4.78, 5) is 9.03. The first-order chi connectivity index (χ1) is 13.1. The maximum absolute atomic E-state index is 5.37. The predicted molar refractivity (Wildman–Crippen MR) is 111 cm³/mol. The number of nitrogens with one attached hydrogen (secondary N) is 1. The Hall–Kier alpha value is -2.93. The van der Waals surface area contributed by atoms with Crippen molar-refractivity contribution in [2.45, 2.75) is 6.92 Å². The van der Waals surface area contributed by atoms with E-state index in [9.17, 15) is 0 Å². The summed E-state index contributed by atoms with van der Waals surface area (Å²) in [5.74, 6) is 2.66. The molecule has 1 N–H and O–H groups in total. The summed E-state index contributed by atoms with van der Waals surface area (Å²) in [6.45, 7) is 1.92. The Bertz CT molecular complexity index is 959. The summed E-state index contributed by atoms with van der Waals surface area (Å²) in [7, 11) is 3.22. The number of rotatable bonds is 6. The minimum atomic E-state index is 0.615. The van der Waals surface area contributed by atoms with Crippen molar-refractivity contribution in [1.29, 1.82) is 0 Å². The van der Waals surface area contributed by atoms with Crippen LogP contribution in [0, 0.1) is 6.92 Å². The highest BCUT2D eigenvalue weighted by Crippen LogP contribution is 2.23. The maximum Gasteiger partial charge on any atom is 0.161 e. The molecule has 3 aromatic rings. The van der Waals surface area contributed by atoms with E-state index < -0.39 is 0 Å². The van der Waals surface area contributed by atoms with Gasteiger partial charge in [-0.1, -0.05) is 28.1 Å². The van der Waals surface area contributed by atoms with Gasteiger partial charge in [-0.25, -0.2) is 9.97 Å². The third-order valence-corrected chi connectivity index (χ3v) is 4.31. The lowest BCUT2D eigenvalue weighted by Crippen LogP contribution is -1.99. The Morgan fingerprint density at radius 1 is 1.00 bits per heavy atom. The second-order valence-corrected chi connectivity index (χ2v) is 6.62. The normalized spacial score (nSPS) is 10.8. The zero-order valence-electron chi connectivity index (χ0n) is 15.2. The molecule has 6 nitrogen and oxygen atoms in total. The highest BCUT2D eigenvalue weighted by atomic mass is 79.9. The summed E-state index contributed by atoms with van der Waals surface area (Å²) in [5.41, 5.74) is 5.57. The lowest BCUT2D eigenvalue weighted by atomic mass is 10.2. The quantitative estimate of drug-likeness (QED) is 0.457. The minimum absolute atomic E-state index is 0.615. The highest BCUT2D eigenvalue weighted by Gasteiger charge is 2.06. The molecule has 0 unspecified atom stereocenters. The second kappa shape index (κ2) is 8.64. The Morgan fingerprint density at radius 3 is 2.48 bits per heavy atom. The molecular weight excluding hydrogens is 408 g/mol. The van der Waals surface area contributed by atoms with Gasteiger partial charge in [0.1, 0.15) is 11.5 Å². The molecule has 2 aromatic carbocycles. The first kappa shape index (κ1) is 18.8. The highest BCUT2D eigenvalue weighted by molar-refractivity contribution is 9.10. The van der Waals surface area contributed by atoms with E-state index in [1.807, 2.05) is 55.5 Å². The van der Waals surface area contributed by atoms with Gasteiger partial charge in [-0.15, -0.1) is 0 Å². The third-order valence-electron chi connectivity index (χ3n) is 3.78. The fraction of sp³-hybridized carbons (Fsp3) is 0.150. The van der Waals surface area contributed by atoms with Gasteiger partial charge in [0.25, 0.3) is 0 Å². The summed E-state index contributed by atoms with van der Waals surface area (Å²) in [6, 6.07) is 15.2. The first-order valence-electron chi connectivity index (χ1n) is 8.22. The average Bonchev–Trinajstić information content (AvgIpc) is 2.68. The number of ether oxygens (including phenoxy) is 2. The van der Waals surface area contributed by atoms with E-state index in [0.717, 1.165) is 27.0 Å². The van der Waals surface area contributed by atoms with E-state index in [2.05, 4.69) is 36.4 Å². The van der Waals surface area contributed by atoms with Gasteiger partial charge in [-0.2, -0.15) is 5.10 Å². The number of halogens is 1. The second-order valence-electron chi connectivity index (χ2n) is 5.70. The van der Waals surface area contributed by atoms with Crippen molar-refractivity contribution in [1.82, 2.24) is 9.97 Å². The summed E-state index contributed by atoms with van der Waals surface area (Å²) in [6.07, 6.45) is 1.68. The molecule has 0 amide bonds. The van der Waals surface area contributed by atoms with Gasteiger partial charge in [-0.05, 0) is 31.2 Å². The Labute approximate surface area is 166 Å². The number of hydrazone groups is 1. The Morgan fingerprint density at radius 2 is 1.78 bits per heavy atom. The number of hydrogen-bond acceptors (Lipinski definition) is 6. The number of benzene rings is 2. The average molecular weight is 427 g/mol. The van der Waals surface area contributed by atoms with Gasteiger partial charge in [-0.3, -0.25) is 5.43 Å². The van der Waals surface area contributed by atoms with E-state index in [-0.39, 0.29) is 0 Å². The molecule has 0 aliphatic heterocycles. The van der Waals surface area contributed by atoms with Crippen LogP contribution in [0.15, 0.2) is 58.1 Å². The number of methoxy groups -OCH3 is 2. The lowest BCUT2D eigenvalue weighted by Gasteiger charge is -2.08. The van der Waals surface area contributed by atoms with Crippen LogP contribution in [-0.2, 0) is 0 Å². The smallest absolute Gasteiger partial charge is 0.161 e. The van der Waals surface area contributed by atoms with E-state index in [1.165, 1.54) is 0 Å². The van der Waals surface area contributed by atoms with Crippen molar-refractivity contribution in [3.05, 3.63) is 64.3 Å². The molecule has 0 atom stereocenters. The number of anilines is 1. The molecule has 7 heteroatoms. The summed E-state index contributed by atoms with van der Waals surface area (Å²) >= 11 is 3.43. The predicted octanol–water partition coefficient (Wildman–Crippen LogP) is 4.68. The van der Waals surface area contributed by atoms with Gasteiger partial charge < -0.3 is 9.47 Å². The summed E-state index contributed by atoms with van der Waals surface area (Å²) < 4.78 is 11.6. The van der Waals surface area contributed by atoms with Crippen molar-refractivity contribution < 1.29 is 9.47 Å². The van der Waals surface area contributed by atoms with Crippen LogP contribution in [0.3, 0.4) is 0 Å². The van der Waals surface area contributed by atoms with E-state index >= 15 is 0 Å². The molecule has 1 aromatic heterocycles. The van der Waals surface area contributed by atoms with Crippen molar-refractivity contribution in [3.63, 3.8) is 0 Å². The molecule has 0 aliphatic carbocycles. The Balaban J connectivity index is 1.80. The van der Waals surface area contributed by atoms with Crippen molar-refractivity contribution >= 4 is 28.0 Å². The molecule has 0 aliphatic rings. The van der Waals surface area contributed by atoms with Crippen LogP contribution in [0.25, 0.3) is 11.4 Å². The largest absolute Gasteiger partial charge is 0.497 e. The van der Waals surface area contributed by atoms with Crippen LogP contribution in [-0.4, -0.2) is 30.4 Å². The van der Waals surface area contributed by atoms with Gasteiger partial charge in [0, 0.05) is 33.4 Å². The molecule has 0 spiro atoms. The van der Waals surface area contributed by atoms with Crippen LogP contribution >= 0.6 is 15.9 Å². The molecule has 3 rings (SSSR count). The molecule has 0 saturated heterocycles. The van der Waals surface area contributed by atoms with Crippen LogP contribution < -0.4 is 14.9 Å². The third kappa shape index (κ3) is 4.83. The van der Waals surface area contributed by atoms with E-state index in [1.54, 1.807) is 20.4 Å². The maximum atomic E-state index is 5.37. The van der Waals surface area contributed by atoms with E-state index in [4.69, 9.17) is 9.47 Å². The number of aryl methyl sites for hydroxylation is 1. The minimum Gasteiger partial charge on any atom is -0.497 e. The van der Waals surface area contributed by atoms with Crippen LogP contribution in [0.2, 0.25) is 0 Å². The number of aromatic nitrogens is 2. The molecule has 27 heavy (non-hydrogen) atoms. The molecule has 0 fully saturated rings. The van der Waals surface area contributed by atoms with Crippen molar-refractivity contribution in [2.75, 3.05) is 19.6 Å². The Kier molecular flexibility index (Phi) is 6.03. The first-order valence-corrected chi connectivity index (χ1v) is 9.01. The fourth-order valence-corrected chi connectivity index (χ4v) is 2.71. The van der Waals surface area contributed by atoms with E-state index in [0.29, 0.717) is 17.4 Å². The fourth-order valence-electron chi connectivity index (χ4n) is 2.45. The van der Waals surface area contributed by atoms with Crippen LogP contribution in [0.1, 0.15) is 11.3 Å². The lowest BCUT2D eigenvalue weighted by molar-refractivity contribution is 0.394. The van der Waals surface area contributed by atoms with Crippen LogP contribution in [0.4, 0.5) is 5.82 Å². The van der Waals surface area contributed by atoms with Crippen molar-refractivity contribution in [2.24, 2.45) is 5.10 Å². The van der Waals surface area contributed by atoms with Crippen LogP contribution in [0.5, 0.6) is 11.5 Å². The molecular formula is C20H19BrN4O2. The molecule has 1 heterocycles. The molecule has 0 saturated carbocycles. The zero-order chi connectivity index (χ0) is 19.2. The van der Waals surface area contributed by atoms with Gasteiger partial charge in [0.15, 0.2) is 11.6 Å². The topological polar surface area (TPSA) is 68.6 Å². The summed E-state index contributed by atoms with van der Waals surface area (Å²) in [5, 5.41) is 4.27. The monoisotopic (exact) mass is 426 g/mol. The van der Waals surface area contributed by atoms with Gasteiger partial charge >= 0.3 is 0 Å². The van der Waals surface area contributed by atoms with Gasteiger partial charge in [0.2, 0.25) is 0 Å². The van der Waals surface area contributed by atoms with Crippen molar-refractivity contribution in [3.8, 4) is 22.9 Å². The molecule has 138 valence electrons. The SMILES string of the molecule is COc1ccc(/C=N/Nc2cc(C)nc(-c3ccc(Br)cc3)n2)c(OC)c1. The number of nitrogens with zero attached hydrogens (tertiary/aromatic N) is 3. The molecule has 0 radical (unpaired) electrons. The standard InChI is InChI=1S/C20H19BrN4O2/c1-13-10-19(24-20(23-13)14-4-7-16(21)8-5-14)25-22-12-15-6-9-17(26-2)11-18(15)27-3/h4-12H,1-3H3,(H,23,24,25)/b22-12+. The zero-order valence-corrected chi connectivity index (χ0v) is 16.8. The number of hydrogen-bond donors (Lipinski definition) is 1.